The maximum Gasteiger partial charge on any atom is 0.416 e. The molecule has 40 heavy (non-hydrogen) atoms. The third-order valence-corrected chi connectivity index (χ3v) is 8.60. The lowest BCUT2D eigenvalue weighted by Crippen LogP contribution is -2.63. The molecule has 3 aromatic rings. The number of amides is 3. The Kier molecular flexibility index (Phi) is 6.33. The number of piperidine rings is 1. The minimum absolute atomic E-state index is 0.0720. The van der Waals surface area contributed by atoms with Gasteiger partial charge in [0, 0.05) is 31.5 Å². The first-order valence-corrected chi connectivity index (χ1v) is 13.3. The average Bonchev–Trinajstić information content (AvgIpc) is 3.57. The SMILES string of the molecule is Cn1cccc1CN1CCC[C@]2(N[C@H](c3ccc(C(F)(F)F)cc3)[C@@H]3C(=O)N(Cc4ccccc4)C(=O)[C@@H]32)C1=O. The lowest BCUT2D eigenvalue weighted by molar-refractivity contribution is -0.150. The fraction of sp³-hybridized carbons (Fsp3) is 0.367. The van der Waals surface area contributed by atoms with Crippen molar-refractivity contribution in [3.8, 4) is 0 Å². The highest BCUT2D eigenvalue weighted by Gasteiger charge is 2.69. The van der Waals surface area contributed by atoms with Crippen LogP contribution in [-0.2, 0) is 40.7 Å². The highest BCUT2D eigenvalue weighted by atomic mass is 19.4. The van der Waals surface area contributed by atoms with Gasteiger partial charge in [-0.15, -0.1) is 0 Å². The Balaban J connectivity index is 1.39. The maximum absolute atomic E-state index is 14.2. The van der Waals surface area contributed by atoms with E-state index in [4.69, 9.17) is 0 Å². The molecule has 3 aliphatic heterocycles. The van der Waals surface area contributed by atoms with Gasteiger partial charge >= 0.3 is 6.18 Å². The van der Waals surface area contributed by atoms with E-state index in [0.717, 1.165) is 23.4 Å². The summed E-state index contributed by atoms with van der Waals surface area (Å²) in [5.74, 6) is -2.96. The highest BCUT2D eigenvalue weighted by Crippen LogP contribution is 2.52. The fourth-order valence-corrected chi connectivity index (χ4v) is 6.62. The third-order valence-electron chi connectivity index (χ3n) is 8.60. The number of carbonyl (C=O) groups excluding carboxylic acids is 3. The van der Waals surface area contributed by atoms with Gasteiger partial charge in [0.15, 0.2) is 0 Å². The first-order valence-electron chi connectivity index (χ1n) is 13.3. The second kappa shape index (κ2) is 9.62. The minimum atomic E-state index is -4.51. The Morgan fingerprint density at radius 2 is 1.65 bits per heavy atom. The van der Waals surface area contributed by atoms with Gasteiger partial charge in [0.25, 0.3) is 0 Å². The van der Waals surface area contributed by atoms with E-state index in [-0.39, 0.29) is 12.5 Å². The quantitative estimate of drug-likeness (QED) is 0.487. The summed E-state index contributed by atoms with van der Waals surface area (Å²) >= 11 is 0. The highest BCUT2D eigenvalue weighted by molar-refractivity contribution is 6.10. The van der Waals surface area contributed by atoms with Crippen LogP contribution in [0.1, 0.15) is 41.3 Å². The number of hydrogen-bond donors (Lipinski definition) is 1. The minimum Gasteiger partial charge on any atom is -0.353 e. The Hall–Kier alpha value is -3.92. The van der Waals surface area contributed by atoms with Crippen molar-refractivity contribution in [1.82, 2.24) is 19.7 Å². The predicted octanol–water partition coefficient (Wildman–Crippen LogP) is 4.05. The van der Waals surface area contributed by atoms with Crippen LogP contribution >= 0.6 is 0 Å². The molecule has 2 aromatic carbocycles. The van der Waals surface area contributed by atoms with Gasteiger partial charge in [0.05, 0.1) is 30.5 Å². The van der Waals surface area contributed by atoms with Crippen LogP contribution in [0.5, 0.6) is 0 Å². The topological polar surface area (TPSA) is 74.7 Å². The number of nitrogens with zero attached hydrogens (tertiary/aromatic N) is 3. The molecule has 0 bridgehead atoms. The largest absolute Gasteiger partial charge is 0.416 e. The van der Waals surface area contributed by atoms with Gasteiger partial charge < -0.3 is 9.47 Å². The lowest BCUT2D eigenvalue weighted by atomic mass is 9.74. The smallest absolute Gasteiger partial charge is 0.353 e. The number of alkyl halides is 3. The monoisotopic (exact) mass is 550 g/mol. The number of carbonyl (C=O) groups is 3. The maximum atomic E-state index is 14.2. The van der Waals surface area contributed by atoms with Crippen LogP contribution in [-0.4, -0.2) is 44.2 Å². The fourth-order valence-electron chi connectivity index (χ4n) is 6.62. The van der Waals surface area contributed by atoms with Gasteiger partial charge in [-0.1, -0.05) is 42.5 Å². The molecule has 4 heterocycles. The zero-order valence-electron chi connectivity index (χ0n) is 21.9. The number of hydrogen-bond acceptors (Lipinski definition) is 4. The molecule has 0 unspecified atom stereocenters. The van der Waals surface area contributed by atoms with Crippen molar-refractivity contribution in [3.05, 3.63) is 95.3 Å². The summed E-state index contributed by atoms with van der Waals surface area (Å²) < 4.78 is 41.7. The number of aryl methyl sites for hydroxylation is 1. The van der Waals surface area contributed by atoms with Gasteiger partial charge in [-0.25, -0.2) is 0 Å². The molecule has 0 aliphatic carbocycles. The number of imide groups is 1. The van der Waals surface area contributed by atoms with E-state index >= 15 is 0 Å². The number of nitrogens with one attached hydrogen (secondary N) is 1. The Labute approximate surface area is 229 Å². The van der Waals surface area contributed by atoms with E-state index in [0.29, 0.717) is 31.5 Å². The van der Waals surface area contributed by atoms with Crippen molar-refractivity contribution in [2.45, 2.75) is 43.7 Å². The molecule has 1 N–H and O–H groups in total. The molecule has 1 aromatic heterocycles. The van der Waals surface area contributed by atoms with Gasteiger partial charge in [0.1, 0.15) is 5.54 Å². The molecule has 3 saturated heterocycles. The summed E-state index contributed by atoms with van der Waals surface area (Å²) in [6.07, 6.45) is -1.64. The first kappa shape index (κ1) is 26.3. The van der Waals surface area contributed by atoms with E-state index in [1.54, 1.807) is 4.90 Å². The average molecular weight is 551 g/mol. The molecule has 10 heteroatoms. The lowest BCUT2D eigenvalue weighted by Gasteiger charge is -2.42. The molecule has 7 nitrogen and oxygen atoms in total. The third kappa shape index (κ3) is 4.21. The van der Waals surface area contributed by atoms with Crippen molar-refractivity contribution in [3.63, 3.8) is 0 Å². The van der Waals surface area contributed by atoms with Gasteiger partial charge in [-0.05, 0) is 48.2 Å². The van der Waals surface area contributed by atoms with Crippen LogP contribution in [0.4, 0.5) is 13.2 Å². The number of fused-ring (bicyclic) bond motifs is 2. The van der Waals surface area contributed by atoms with Crippen molar-refractivity contribution >= 4 is 17.7 Å². The summed E-state index contributed by atoms with van der Waals surface area (Å²) in [4.78, 5) is 45.1. The van der Waals surface area contributed by atoms with Crippen LogP contribution in [0.25, 0.3) is 0 Å². The molecule has 6 rings (SSSR count). The molecule has 0 saturated carbocycles. The van der Waals surface area contributed by atoms with Gasteiger partial charge in [-0.2, -0.15) is 13.2 Å². The number of likely N-dealkylation sites (tertiary alicyclic amines) is 2. The summed E-state index contributed by atoms with van der Waals surface area (Å²) in [6, 6.07) is 16.8. The number of rotatable bonds is 5. The molecule has 4 atom stereocenters. The molecule has 3 amide bonds. The zero-order valence-corrected chi connectivity index (χ0v) is 21.9. The number of halogens is 3. The normalized spacial score (nSPS) is 26.7. The van der Waals surface area contributed by atoms with Crippen molar-refractivity contribution < 1.29 is 27.6 Å². The van der Waals surface area contributed by atoms with E-state index in [2.05, 4.69) is 5.32 Å². The summed E-state index contributed by atoms with van der Waals surface area (Å²) in [5, 5.41) is 3.35. The van der Waals surface area contributed by atoms with Crippen LogP contribution < -0.4 is 5.32 Å². The van der Waals surface area contributed by atoms with E-state index < -0.39 is 47.0 Å². The molecule has 3 aliphatic rings. The molecular weight excluding hydrogens is 521 g/mol. The zero-order chi connectivity index (χ0) is 28.2. The molecule has 0 radical (unpaired) electrons. The van der Waals surface area contributed by atoms with Crippen molar-refractivity contribution in [2.24, 2.45) is 18.9 Å². The van der Waals surface area contributed by atoms with Crippen molar-refractivity contribution in [2.75, 3.05) is 6.54 Å². The standard InChI is InChI=1S/C30H29F3N4O3/c1-35-15-5-9-22(35)18-36-16-6-14-29(28(36)40)24-23(25(34-29)20-10-12-21(13-11-20)30(31,32)33)26(38)37(27(24)39)17-19-7-3-2-4-8-19/h2-5,7-13,15,23-25,34H,6,14,16-18H2,1H3/t23-,24-,25-,29-/m1/s1. The second-order valence-electron chi connectivity index (χ2n) is 10.9. The second-order valence-corrected chi connectivity index (χ2v) is 10.9. The van der Waals surface area contributed by atoms with Crippen LogP contribution in [0.3, 0.4) is 0 Å². The number of aromatic nitrogens is 1. The van der Waals surface area contributed by atoms with Crippen molar-refractivity contribution in [1.29, 1.82) is 0 Å². The summed E-state index contributed by atoms with van der Waals surface area (Å²) in [6.45, 7) is 0.929. The molecule has 208 valence electrons. The van der Waals surface area contributed by atoms with Gasteiger partial charge in [0.2, 0.25) is 17.7 Å². The summed E-state index contributed by atoms with van der Waals surface area (Å²) in [7, 11) is 1.89. The Morgan fingerprint density at radius 3 is 2.30 bits per heavy atom. The van der Waals surface area contributed by atoms with E-state index in [9.17, 15) is 27.6 Å². The molecule has 1 spiro atoms. The van der Waals surface area contributed by atoms with E-state index in [1.807, 2.05) is 60.3 Å². The van der Waals surface area contributed by atoms with E-state index in [1.165, 1.54) is 17.0 Å². The Morgan fingerprint density at radius 1 is 0.925 bits per heavy atom. The molecular formula is C30H29F3N4O3. The van der Waals surface area contributed by atoms with Gasteiger partial charge in [-0.3, -0.25) is 24.6 Å². The first-order chi connectivity index (χ1) is 19.1. The van der Waals surface area contributed by atoms with Crippen LogP contribution in [0.2, 0.25) is 0 Å². The number of benzene rings is 2. The predicted molar refractivity (Wildman–Crippen MR) is 139 cm³/mol. The summed E-state index contributed by atoms with van der Waals surface area (Å²) in [5.41, 5.74) is 0.00778. The Bertz CT molecular complexity index is 1450. The molecule has 3 fully saturated rings. The van der Waals surface area contributed by atoms with Crippen LogP contribution in [0, 0.1) is 11.8 Å². The van der Waals surface area contributed by atoms with Crippen LogP contribution in [0.15, 0.2) is 72.9 Å².